The van der Waals surface area contributed by atoms with Crippen LogP contribution in [-0.4, -0.2) is 9.78 Å². The van der Waals surface area contributed by atoms with E-state index in [4.69, 9.17) is 0 Å². The number of aromatic nitrogens is 2. The number of nitrogens with zero attached hydrogens (tertiary/aromatic N) is 2. The van der Waals surface area contributed by atoms with E-state index >= 15 is 0 Å². The molecule has 0 bridgehead atoms. The highest BCUT2D eigenvalue weighted by Crippen LogP contribution is 2.26. The lowest BCUT2D eigenvalue weighted by atomic mass is 10.0. The molecule has 3 heteroatoms. The number of fused-ring (bicyclic) bond motifs is 1. The van der Waals surface area contributed by atoms with Gasteiger partial charge >= 0.3 is 0 Å². The first kappa shape index (κ1) is 13.7. The molecule has 0 spiro atoms. The van der Waals surface area contributed by atoms with Gasteiger partial charge in [-0.1, -0.05) is 36.4 Å². The van der Waals surface area contributed by atoms with E-state index in [-0.39, 0.29) is 5.82 Å². The number of benzene rings is 3. The Morgan fingerprint density at radius 3 is 2.48 bits per heavy atom. The standard InChI is InChI=1S/C20H15FN2/c1-14-11-18(8-9-19(14)21)23-20-10-7-16(12-17(20)13-22-23)15-5-3-2-4-6-15/h2-13H,1H3. The average molecular weight is 302 g/mol. The topological polar surface area (TPSA) is 17.8 Å². The molecule has 0 N–H and O–H groups in total. The molecule has 1 heterocycles. The largest absolute Gasteiger partial charge is 0.233 e. The van der Waals surface area contributed by atoms with E-state index in [1.807, 2.05) is 35.1 Å². The zero-order chi connectivity index (χ0) is 15.8. The maximum absolute atomic E-state index is 13.5. The molecule has 0 radical (unpaired) electrons. The molecule has 112 valence electrons. The molecule has 0 aliphatic heterocycles. The summed E-state index contributed by atoms with van der Waals surface area (Å²) >= 11 is 0. The van der Waals surface area contributed by atoms with E-state index in [0.29, 0.717) is 5.56 Å². The van der Waals surface area contributed by atoms with Crippen LogP contribution in [0.1, 0.15) is 5.56 Å². The van der Waals surface area contributed by atoms with Crippen LogP contribution in [0.2, 0.25) is 0 Å². The Kier molecular flexibility index (Phi) is 3.19. The van der Waals surface area contributed by atoms with Gasteiger partial charge in [-0.15, -0.1) is 0 Å². The third-order valence-corrected chi connectivity index (χ3v) is 4.06. The van der Waals surface area contributed by atoms with Gasteiger partial charge in [-0.3, -0.25) is 0 Å². The molecule has 23 heavy (non-hydrogen) atoms. The monoisotopic (exact) mass is 302 g/mol. The normalized spacial score (nSPS) is 11.0. The fourth-order valence-electron chi connectivity index (χ4n) is 2.81. The van der Waals surface area contributed by atoms with E-state index in [2.05, 4.69) is 35.4 Å². The summed E-state index contributed by atoms with van der Waals surface area (Å²) in [5.74, 6) is -0.198. The Morgan fingerprint density at radius 2 is 1.70 bits per heavy atom. The summed E-state index contributed by atoms with van der Waals surface area (Å²) in [6.07, 6.45) is 1.85. The van der Waals surface area contributed by atoms with E-state index < -0.39 is 0 Å². The first-order valence-electron chi connectivity index (χ1n) is 7.52. The van der Waals surface area contributed by atoms with Gasteiger partial charge in [0.1, 0.15) is 5.82 Å². The smallest absolute Gasteiger partial charge is 0.126 e. The van der Waals surface area contributed by atoms with Crippen LogP contribution in [0.4, 0.5) is 4.39 Å². The van der Waals surface area contributed by atoms with Crippen molar-refractivity contribution >= 4 is 10.9 Å². The van der Waals surface area contributed by atoms with Gasteiger partial charge in [-0.05, 0) is 53.9 Å². The third kappa shape index (κ3) is 2.40. The molecular weight excluding hydrogens is 287 g/mol. The molecule has 0 saturated carbocycles. The van der Waals surface area contributed by atoms with Gasteiger partial charge in [0.05, 0.1) is 17.4 Å². The molecule has 0 amide bonds. The Morgan fingerprint density at radius 1 is 0.870 bits per heavy atom. The highest BCUT2D eigenvalue weighted by Gasteiger charge is 2.08. The Hall–Kier alpha value is -2.94. The summed E-state index contributed by atoms with van der Waals surface area (Å²) in [5.41, 5.74) is 4.84. The summed E-state index contributed by atoms with van der Waals surface area (Å²) in [6, 6.07) is 21.6. The molecule has 0 fully saturated rings. The van der Waals surface area contributed by atoms with Gasteiger partial charge in [-0.25, -0.2) is 9.07 Å². The average Bonchev–Trinajstić information content (AvgIpc) is 3.01. The lowest BCUT2D eigenvalue weighted by Gasteiger charge is -2.06. The summed E-state index contributed by atoms with van der Waals surface area (Å²) in [6.45, 7) is 1.76. The predicted octanol–water partition coefficient (Wildman–Crippen LogP) is 5.14. The van der Waals surface area contributed by atoms with Gasteiger partial charge < -0.3 is 0 Å². The molecule has 0 aliphatic rings. The number of aryl methyl sites for hydroxylation is 1. The van der Waals surface area contributed by atoms with Crippen molar-refractivity contribution in [2.45, 2.75) is 6.92 Å². The molecular formula is C20H15FN2. The van der Waals surface area contributed by atoms with Gasteiger partial charge in [-0.2, -0.15) is 5.10 Å². The zero-order valence-electron chi connectivity index (χ0n) is 12.7. The van der Waals surface area contributed by atoms with Crippen molar-refractivity contribution in [2.24, 2.45) is 0 Å². The molecule has 0 unspecified atom stereocenters. The molecule has 3 aromatic carbocycles. The zero-order valence-corrected chi connectivity index (χ0v) is 12.7. The SMILES string of the molecule is Cc1cc(-n2ncc3cc(-c4ccccc4)ccc32)ccc1F. The Labute approximate surface area is 133 Å². The first-order valence-corrected chi connectivity index (χ1v) is 7.52. The highest BCUT2D eigenvalue weighted by atomic mass is 19.1. The highest BCUT2D eigenvalue weighted by molar-refractivity contribution is 5.85. The second kappa shape index (κ2) is 5.36. The van der Waals surface area contributed by atoms with Crippen LogP contribution in [0.25, 0.3) is 27.7 Å². The van der Waals surface area contributed by atoms with Crippen molar-refractivity contribution < 1.29 is 4.39 Å². The Balaban J connectivity index is 1.83. The van der Waals surface area contributed by atoms with Gasteiger partial charge in [0.15, 0.2) is 0 Å². The quantitative estimate of drug-likeness (QED) is 0.501. The predicted molar refractivity (Wildman–Crippen MR) is 91.2 cm³/mol. The van der Waals surface area contributed by atoms with Crippen molar-refractivity contribution in [3.05, 3.63) is 84.3 Å². The van der Waals surface area contributed by atoms with Crippen molar-refractivity contribution in [3.8, 4) is 16.8 Å². The number of rotatable bonds is 2. The number of halogens is 1. The molecule has 0 atom stereocenters. The minimum atomic E-state index is -0.198. The maximum Gasteiger partial charge on any atom is 0.126 e. The van der Waals surface area contributed by atoms with E-state index in [1.54, 1.807) is 13.0 Å². The molecule has 1 aromatic heterocycles. The van der Waals surface area contributed by atoms with Crippen molar-refractivity contribution in [1.82, 2.24) is 9.78 Å². The maximum atomic E-state index is 13.5. The van der Waals surface area contributed by atoms with Crippen LogP contribution in [-0.2, 0) is 0 Å². The van der Waals surface area contributed by atoms with Crippen molar-refractivity contribution in [3.63, 3.8) is 0 Å². The van der Waals surface area contributed by atoms with E-state index in [1.165, 1.54) is 11.6 Å². The van der Waals surface area contributed by atoms with Crippen LogP contribution in [0.3, 0.4) is 0 Å². The fraction of sp³-hybridized carbons (Fsp3) is 0.0500. The molecule has 2 nitrogen and oxygen atoms in total. The van der Waals surface area contributed by atoms with Gasteiger partial charge in [0.25, 0.3) is 0 Å². The minimum absolute atomic E-state index is 0.198. The van der Waals surface area contributed by atoms with Crippen molar-refractivity contribution in [1.29, 1.82) is 0 Å². The first-order chi connectivity index (χ1) is 11.2. The number of hydrogen-bond acceptors (Lipinski definition) is 1. The summed E-state index contributed by atoms with van der Waals surface area (Å²) in [5, 5.41) is 5.53. The number of hydrogen-bond donors (Lipinski definition) is 0. The lowest BCUT2D eigenvalue weighted by molar-refractivity contribution is 0.617. The van der Waals surface area contributed by atoms with Crippen LogP contribution < -0.4 is 0 Å². The second-order valence-electron chi connectivity index (χ2n) is 5.63. The molecule has 0 saturated heterocycles. The van der Waals surface area contributed by atoms with Crippen LogP contribution in [0.5, 0.6) is 0 Å². The van der Waals surface area contributed by atoms with E-state index in [0.717, 1.165) is 22.2 Å². The summed E-state index contributed by atoms with van der Waals surface area (Å²) < 4.78 is 15.3. The van der Waals surface area contributed by atoms with Crippen LogP contribution in [0, 0.1) is 12.7 Å². The summed E-state index contributed by atoms with van der Waals surface area (Å²) in [4.78, 5) is 0. The van der Waals surface area contributed by atoms with Gasteiger partial charge in [0, 0.05) is 5.39 Å². The van der Waals surface area contributed by atoms with Crippen LogP contribution >= 0.6 is 0 Å². The molecule has 4 rings (SSSR count). The second-order valence-corrected chi connectivity index (χ2v) is 5.63. The molecule has 4 aromatic rings. The van der Waals surface area contributed by atoms with Crippen LogP contribution in [0.15, 0.2) is 72.9 Å². The van der Waals surface area contributed by atoms with Gasteiger partial charge in [0.2, 0.25) is 0 Å². The summed E-state index contributed by atoms with van der Waals surface area (Å²) in [7, 11) is 0. The fourth-order valence-corrected chi connectivity index (χ4v) is 2.81. The van der Waals surface area contributed by atoms with E-state index in [9.17, 15) is 4.39 Å². The molecule has 0 aliphatic carbocycles. The minimum Gasteiger partial charge on any atom is -0.233 e. The van der Waals surface area contributed by atoms with Crippen molar-refractivity contribution in [2.75, 3.05) is 0 Å². The third-order valence-electron chi connectivity index (χ3n) is 4.06. The Bertz CT molecular complexity index is 987. The lowest BCUT2D eigenvalue weighted by Crippen LogP contribution is -1.97.